The van der Waals surface area contributed by atoms with E-state index in [1.54, 1.807) is 22.4 Å². The van der Waals surface area contributed by atoms with Gasteiger partial charge in [-0.1, -0.05) is 0 Å². The summed E-state index contributed by atoms with van der Waals surface area (Å²) in [6.45, 7) is 0. The second-order valence-corrected chi connectivity index (χ2v) is 8.73. The Hall–Kier alpha value is -0.500. The van der Waals surface area contributed by atoms with E-state index < -0.39 is 0 Å². The summed E-state index contributed by atoms with van der Waals surface area (Å²) >= 11 is 1.93. The van der Waals surface area contributed by atoms with Crippen LogP contribution >= 0.6 is 11.3 Å². The lowest BCUT2D eigenvalue weighted by molar-refractivity contribution is -0.00267. The van der Waals surface area contributed by atoms with Crippen LogP contribution in [-0.2, 0) is 12.8 Å². The van der Waals surface area contributed by atoms with Crippen LogP contribution in [-0.4, -0.2) is 0 Å². The number of thiophene rings is 1. The molecular formula is C17H23NS. The quantitative estimate of drug-likeness (QED) is 0.808. The monoisotopic (exact) mass is 273 g/mol. The van der Waals surface area contributed by atoms with Gasteiger partial charge < -0.3 is 5.73 Å². The molecule has 102 valence electrons. The van der Waals surface area contributed by atoms with Crippen LogP contribution in [0.4, 0.5) is 5.00 Å². The maximum Gasteiger partial charge on any atom is 0.0897 e. The minimum Gasteiger partial charge on any atom is -0.390 e. The van der Waals surface area contributed by atoms with Gasteiger partial charge in [0.1, 0.15) is 0 Å². The van der Waals surface area contributed by atoms with Crippen LogP contribution in [0.15, 0.2) is 0 Å². The molecular weight excluding hydrogens is 250 g/mol. The predicted octanol–water partition coefficient (Wildman–Crippen LogP) is 4.36. The third-order valence-electron chi connectivity index (χ3n) is 6.55. The molecule has 1 aromatic rings. The second-order valence-electron chi connectivity index (χ2n) is 7.59. The van der Waals surface area contributed by atoms with Gasteiger partial charge in [0.25, 0.3) is 0 Å². The van der Waals surface area contributed by atoms with Crippen molar-refractivity contribution in [3.8, 4) is 0 Å². The number of aryl methyl sites for hydroxylation is 1. The molecule has 19 heavy (non-hydrogen) atoms. The third kappa shape index (κ3) is 1.47. The maximum atomic E-state index is 6.45. The normalized spacial score (nSPS) is 42.8. The molecule has 4 saturated carbocycles. The maximum absolute atomic E-state index is 6.45. The fourth-order valence-corrected chi connectivity index (χ4v) is 7.43. The van der Waals surface area contributed by atoms with Gasteiger partial charge in [-0.2, -0.15) is 0 Å². The molecule has 2 N–H and O–H groups in total. The average molecular weight is 273 g/mol. The van der Waals surface area contributed by atoms with Crippen LogP contribution < -0.4 is 5.73 Å². The van der Waals surface area contributed by atoms with E-state index in [1.165, 1.54) is 49.9 Å². The first kappa shape index (κ1) is 11.2. The summed E-state index contributed by atoms with van der Waals surface area (Å²) in [5.74, 6) is 4.97. The molecule has 1 nitrogen and oxygen atoms in total. The van der Waals surface area contributed by atoms with Gasteiger partial charge in [0.15, 0.2) is 0 Å². The van der Waals surface area contributed by atoms with Crippen molar-refractivity contribution in [1.82, 2.24) is 0 Å². The summed E-state index contributed by atoms with van der Waals surface area (Å²) in [6.07, 6.45) is 11.6. The SMILES string of the molecule is Nc1sc2c(c1C1C3CC4CC(C3)CC1C4)CCC2. The fraction of sp³-hybridized carbons (Fsp3) is 0.765. The van der Waals surface area contributed by atoms with Crippen LogP contribution in [0.1, 0.15) is 60.4 Å². The molecule has 2 heteroatoms. The van der Waals surface area contributed by atoms with Crippen molar-refractivity contribution < 1.29 is 0 Å². The Kier molecular flexibility index (Phi) is 2.23. The molecule has 0 aromatic carbocycles. The third-order valence-corrected chi connectivity index (χ3v) is 7.69. The van der Waals surface area contributed by atoms with Gasteiger partial charge in [0.2, 0.25) is 0 Å². The van der Waals surface area contributed by atoms with E-state index >= 15 is 0 Å². The lowest BCUT2D eigenvalue weighted by Crippen LogP contribution is -2.44. The Morgan fingerprint density at radius 3 is 2.26 bits per heavy atom. The number of hydrogen-bond donors (Lipinski definition) is 1. The van der Waals surface area contributed by atoms with E-state index in [0.717, 1.165) is 29.6 Å². The summed E-state index contributed by atoms with van der Waals surface area (Å²) in [6, 6.07) is 0. The van der Waals surface area contributed by atoms with Crippen molar-refractivity contribution in [3.63, 3.8) is 0 Å². The lowest BCUT2D eigenvalue weighted by Gasteiger charge is -2.54. The molecule has 1 heterocycles. The van der Waals surface area contributed by atoms with E-state index in [0.29, 0.717) is 0 Å². The number of fused-ring (bicyclic) bond motifs is 1. The van der Waals surface area contributed by atoms with E-state index in [9.17, 15) is 0 Å². The number of anilines is 1. The number of nitrogen functional groups attached to an aromatic ring is 1. The summed E-state index contributed by atoms with van der Waals surface area (Å²) in [4.78, 5) is 1.64. The highest BCUT2D eigenvalue weighted by Gasteiger charge is 2.50. The van der Waals surface area contributed by atoms with E-state index in [4.69, 9.17) is 5.73 Å². The van der Waals surface area contributed by atoms with Gasteiger partial charge in [-0.3, -0.25) is 0 Å². The zero-order valence-corrected chi connectivity index (χ0v) is 12.3. The van der Waals surface area contributed by atoms with Crippen LogP contribution in [0.5, 0.6) is 0 Å². The molecule has 5 aliphatic rings. The molecule has 0 saturated heterocycles. The fourth-order valence-electron chi connectivity index (χ4n) is 6.21. The average Bonchev–Trinajstić information content (AvgIpc) is 2.90. The molecule has 0 unspecified atom stereocenters. The standard InChI is InChI=1S/C17H23NS/c18-17-16(13-2-1-3-14(13)19-17)15-11-5-9-4-10(7-11)8-12(15)6-9/h9-12,15H,1-8,18H2. The van der Waals surface area contributed by atoms with E-state index in [2.05, 4.69) is 0 Å². The minimum atomic E-state index is 0.853. The molecule has 0 radical (unpaired) electrons. The van der Waals surface area contributed by atoms with Gasteiger partial charge in [0.05, 0.1) is 5.00 Å². The number of rotatable bonds is 1. The van der Waals surface area contributed by atoms with Crippen molar-refractivity contribution in [2.45, 2.75) is 57.3 Å². The predicted molar refractivity (Wildman–Crippen MR) is 80.5 cm³/mol. The molecule has 0 atom stereocenters. The summed E-state index contributed by atoms with van der Waals surface area (Å²) in [5, 5.41) is 1.20. The van der Waals surface area contributed by atoms with Crippen molar-refractivity contribution in [2.24, 2.45) is 23.7 Å². The second kappa shape index (κ2) is 3.78. The van der Waals surface area contributed by atoms with Gasteiger partial charge in [-0.25, -0.2) is 0 Å². The Morgan fingerprint density at radius 2 is 1.58 bits per heavy atom. The minimum absolute atomic E-state index is 0.853. The molecule has 6 rings (SSSR count). The van der Waals surface area contributed by atoms with E-state index in [-0.39, 0.29) is 0 Å². The molecule has 0 spiro atoms. The Bertz CT molecular complexity index is 502. The zero-order valence-electron chi connectivity index (χ0n) is 11.5. The Balaban J connectivity index is 1.60. The highest BCUT2D eigenvalue weighted by molar-refractivity contribution is 7.16. The lowest BCUT2D eigenvalue weighted by atomic mass is 9.50. The molecule has 5 aliphatic carbocycles. The Labute approximate surface area is 119 Å². The number of hydrogen-bond acceptors (Lipinski definition) is 2. The molecule has 4 fully saturated rings. The van der Waals surface area contributed by atoms with Gasteiger partial charge >= 0.3 is 0 Å². The van der Waals surface area contributed by atoms with Crippen LogP contribution in [0.3, 0.4) is 0 Å². The van der Waals surface area contributed by atoms with Gasteiger partial charge in [-0.05, 0) is 92.1 Å². The molecule has 4 bridgehead atoms. The first-order valence-electron chi connectivity index (χ1n) is 8.19. The molecule has 1 aromatic heterocycles. The van der Waals surface area contributed by atoms with Crippen molar-refractivity contribution >= 4 is 16.3 Å². The smallest absolute Gasteiger partial charge is 0.0897 e. The number of nitrogens with two attached hydrogens (primary N) is 1. The topological polar surface area (TPSA) is 26.0 Å². The van der Waals surface area contributed by atoms with Crippen molar-refractivity contribution in [3.05, 3.63) is 16.0 Å². The molecule has 0 aliphatic heterocycles. The summed E-state index contributed by atoms with van der Waals surface area (Å²) in [7, 11) is 0. The van der Waals surface area contributed by atoms with Gasteiger partial charge in [-0.15, -0.1) is 11.3 Å². The zero-order chi connectivity index (χ0) is 12.6. The van der Waals surface area contributed by atoms with E-state index in [1.807, 2.05) is 11.3 Å². The highest BCUT2D eigenvalue weighted by Crippen LogP contribution is 2.62. The van der Waals surface area contributed by atoms with Gasteiger partial charge in [0, 0.05) is 4.88 Å². The van der Waals surface area contributed by atoms with Crippen molar-refractivity contribution in [2.75, 3.05) is 5.73 Å². The van der Waals surface area contributed by atoms with Crippen LogP contribution in [0.2, 0.25) is 0 Å². The summed E-state index contributed by atoms with van der Waals surface area (Å²) < 4.78 is 0. The van der Waals surface area contributed by atoms with Crippen LogP contribution in [0, 0.1) is 23.7 Å². The molecule has 0 amide bonds. The largest absolute Gasteiger partial charge is 0.390 e. The van der Waals surface area contributed by atoms with Crippen LogP contribution in [0.25, 0.3) is 0 Å². The first-order valence-corrected chi connectivity index (χ1v) is 9.01. The summed E-state index contributed by atoms with van der Waals surface area (Å²) in [5.41, 5.74) is 9.82. The Morgan fingerprint density at radius 1 is 0.895 bits per heavy atom. The highest BCUT2D eigenvalue weighted by atomic mass is 32.1. The first-order chi connectivity index (χ1) is 9.29. The van der Waals surface area contributed by atoms with Crippen molar-refractivity contribution in [1.29, 1.82) is 0 Å².